The van der Waals surface area contributed by atoms with Crippen molar-refractivity contribution in [3.05, 3.63) is 34.6 Å². The highest BCUT2D eigenvalue weighted by atomic mass is 32.2. The second-order valence-electron chi connectivity index (χ2n) is 5.13. The minimum atomic E-state index is -0.0602. The third-order valence-electron chi connectivity index (χ3n) is 3.63. The molecule has 0 amide bonds. The minimum Gasteiger partial charge on any atom is -0.396 e. The van der Waals surface area contributed by atoms with Gasteiger partial charge in [-0.25, -0.2) is 0 Å². The summed E-state index contributed by atoms with van der Waals surface area (Å²) >= 11 is 1.63. The third-order valence-corrected chi connectivity index (χ3v) is 4.65. The molecule has 3 aromatic rings. The lowest BCUT2D eigenvalue weighted by molar-refractivity contribution is 0.284. The van der Waals surface area contributed by atoms with Gasteiger partial charge in [-0.15, -0.1) is 10.2 Å². The van der Waals surface area contributed by atoms with Crippen molar-refractivity contribution >= 4 is 28.4 Å². The Morgan fingerprint density at radius 3 is 2.82 bits per heavy atom. The Hall–Kier alpha value is -1.86. The molecule has 1 N–H and O–H groups in total. The van der Waals surface area contributed by atoms with Crippen LogP contribution in [0.3, 0.4) is 0 Å². The summed E-state index contributed by atoms with van der Waals surface area (Å²) < 4.78 is 3.47. The van der Waals surface area contributed by atoms with Crippen molar-refractivity contribution in [3.63, 3.8) is 0 Å². The van der Waals surface area contributed by atoms with Crippen LogP contribution in [0.2, 0.25) is 0 Å². The van der Waals surface area contributed by atoms with Crippen molar-refractivity contribution in [2.75, 3.05) is 12.4 Å². The van der Waals surface area contributed by atoms with E-state index in [-0.39, 0.29) is 12.2 Å². The van der Waals surface area contributed by atoms with Crippen LogP contribution in [0.25, 0.3) is 16.7 Å². The lowest BCUT2D eigenvalue weighted by Crippen LogP contribution is -2.20. The summed E-state index contributed by atoms with van der Waals surface area (Å²) in [6.45, 7) is 0.241. The van der Waals surface area contributed by atoms with Gasteiger partial charge in [0.1, 0.15) is 0 Å². The zero-order valence-electron chi connectivity index (χ0n) is 12.4. The van der Waals surface area contributed by atoms with Gasteiger partial charge >= 0.3 is 0 Å². The molecule has 0 fully saturated rings. The molecule has 0 aliphatic carbocycles. The van der Waals surface area contributed by atoms with Crippen LogP contribution in [0.4, 0.5) is 0 Å². The number of rotatable bonds is 6. The molecule has 7 heteroatoms. The van der Waals surface area contributed by atoms with Crippen LogP contribution in [-0.2, 0) is 7.05 Å². The molecule has 3 rings (SSSR count). The monoisotopic (exact) mass is 318 g/mol. The largest absolute Gasteiger partial charge is 0.396 e. The topological polar surface area (TPSA) is 72.4 Å². The maximum atomic E-state index is 12.3. The van der Waals surface area contributed by atoms with Gasteiger partial charge in [0.05, 0.1) is 10.9 Å². The van der Waals surface area contributed by atoms with Gasteiger partial charge in [-0.2, -0.15) is 0 Å². The lowest BCUT2D eigenvalue weighted by atomic mass is 10.2. The van der Waals surface area contributed by atoms with Crippen molar-refractivity contribution in [2.24, 2.45) is 7.05 Å². The van der Waals surface area contributed by atoms with Crippen molar-refractivity contribution < 1.29 is 5.11 Å². The SMILES string of the molecule is Cn1c(=O)c2ccccc2n2c(SCCCCCO)nnc12. The summed E-state index contributed by atoms with van der Waals surface area (Å²) in [5.41, 5.74) is 0.776. The van der Waals surface area contributed by atoms with E-state index in [1.807, 2.05) is 28.7 Å². The zero-order valence-corrected chi connectivity index (χ0v) is 13.2. The average Bonchev–Trinajstić information content (AvgIpc) is 2.97. The van der Waals surface area contributed by atoms with Crippen LogP contribution in [0.5, 0.6) is 0 Å². The third kappa shape index (κ3) is 2.62. The molecule has 22 heavy (non-hydrogen) atoms. The number of fused-ring (bicyclic) bond motifs is 3. The van der Waals surface area contributed by atoms with Crippen LogP contribution < -0.4 is 5.56 Å². The van der Waals surface area contributed by atoms with E-state index in [4.69, 9.17) is 5.11 Å². The Labute approximate surface area is 131 Å². The Kier molecular flexibility index (Phi) is 4.44. The summed E-state index contributed by atoms with van der Waals surface area (Å²) in [5.74, 6) is 1.47. The number of aliphatic hydroxyl groups is 1. The van der Waals surface area contributed by atoms with E-state index in [2.05, 4.69) is 10.2 Å². The molecule has 2 aromatic heterocycles. The first-order valence-corrected chi connectivity index (χ1v) is 8.29. The number of hydrogen-bond donors (Lipinski definition) is 1. The van der Waals surface area contributed by atoms with Gasteiger partial charge in [0.15, 0.2) is 5.16 Å². The molecule has 2 heterocycles. The molecule has 0 aliphatic heterocycles. The molecule has 0 saturated heterocycles. The maximum Gasteiger partial charge on any atom is 0.262 e. The molecule has 0 unspecified atom stereocenters. The van der Waals surface area contributed by atoms with Gasteiger partial charge in [0, 0.05) is 19.4 Å². The fourth-order valence-corrected chi connectivity index (χ4v) is 3.40. The highest BCUT2D eigenvalue weighted by Gasteiger charge is 2.14. The first-order chi connectivity index (χ1) is 10.7. The fraction of sp³-hybridized carbons (Fsp3) is 0.400. The number of nitrogens with zero attached hydrogens (tertiary/aromatic N) is 4. The van der Waals surface area contributed by atoms with Crippen LogP contribution in [0.15, 0.2) is 34.2 Å². The molecule has 116 valence electrons. The van der Waals surface area contributed by atoms with Crippen molar-refractivity contribution in [1.82, 2.24) is 19.2 Å². The van der Waals surface area contributed by atoms with E-state index >= 15 is 0 Å². The number of benzene rings is 1. The van der Waals surface area contributed by atoms with Gasteiger partial charge in [0.25, 0.3) is 5.56 Å². The van der Waals surface area contributed by atoms with Gasteiger partial charge in [-0.05, 0) is 25.0 Å². The van der Waals surface area contributed by atoms with E-state index in [1.54, 1.807) is 18.8 Å². The molecule has 0 spiro atoms. The molecule has 0 atom stereocenters. The van der Waals surface area contributed by atoms with Gasteiger partial charge in [-0.1, -0.05) is 30.3 Å². The number of unbranched alkanes of at least 4 members (excludes halogenated alkanes) is 2. The van der Waals surface area contributed by atoms with E-state index in [1.165, 1.54) is 4.57 Å². The Balaban J connectivity index is 2.00. The quantitative estimate of drug-likeness (QED) is 0.554. The molecular formula is C15H18N4O2S. The Morgan fingerprint density at radius 2 is 2.00 bits per heavy atom. The first-order valence-electron chi connectivity index (χ1n) is 7.30. The van der Waals surface area contributed by atoms with Gasteiger partial charge < -0.3 is 5.11 Å². The van der Waals surface area contributed by atoms with E-state index in [9.17, 15) is 4.79 Å². The summed E-state index contributed by atoms with van der Waals surface area (Å²) in [7, 11) is 1.72. The second kappa shape index (κ2) is 6.50. The van der Waals surface area contributed by atoms with Crippen LogP contribution >= 0.6 is 11.8 Å². The second-order valence-corrected chi connectivity index (χ2v) is 6.19. The average molecular weight is 318 g/mol. The van der Waals surface area contributed by atoms with Gasteiger partial charge in [-0.3, -0.25) is 13.8 Å². The van der Waals surface area contributed by atoms with Crippen molar-refractivity contribution in [2.45, 2.75) is 24.4 Å². The summed E-state index contributed by atoms with van der Waals surface area (Å²) in [4.78, 5) is 12.3. The maximum absolute atomic E-state index is 12.3. The minimum absolute atomic E-state index is 0.0602. The van der Waals surface area contributed by atoms with E-state index in [0.717, 1.165) is 35.7 Å². The number of aromatic nitrogens is 4. The number of thioether (sulfide) groups is 1. The predicted octanol–water partition coefficient (Wildman–Crippen LogP) is 1.84. The fourth-order valence-electron chi connectivity index (χ4n) is 2.46. The number of aryl methyl sites for hydroxylation is 1. The van der Waals surface area contributed by atoms with Crippen LogP contribution in [-0.4, -0.2) is 36.6 Å². The standard InChI is InChI=1S/C15H18N4O2S/c1-18-13(21)11-7-3-4-8-12(11)19-14(18)16-17-15(19)22-10-6-2-5-9-20/h3-4,7-8,20H,2,5-6,9-10H2,1H3. The number of aliphatic hydroxyl groups excluding tert-OH is 1. The summed E-state index contributed by atoms with van der Waals surface area (Å²) in [5, 5.41) is 18.7. The summed E-state index contributed by atoms with van der Waals surface area (Å²) in [6.07, 6.45) is 2.85. The molecule has 0 saturated carbocycles. The van der Waals surface area contributed by atoms with Crippen molar-refractivity contribution in [3.8, 4) is 0 Å². The molecular weight excluding hydrogens is 300 g/mol. The Bertz CT molecular complexity index is 856. The first kappa shape index (κ1) is 15.1. The predicted molar refractivity (Wildman–Crippen MR) is 87.4 cm³/mol. The molecule has 6 nitrogen and oxygen atoms in total. The molecule has 0 aliphatic rings. The van der Waals surface area contributed by atoms with Crippen LogP contribution in [0.1, 0.15) is 19.3 Å². The van der Waals surface area contributed by atoms with Crippen molar-refractivity contribution in [1.29, 1.82) is 0 Å². The highest BCUT2D eigenvalue weighted by Crippen LogP contribution is 2.22. The molecule has 1 aromatic carbocycles. The lowest BCUT2D eigenvalue weighted by Gasteiger charge is -2.07. The smallest absolute Gasteiger partial charge is 0.262 e. The van der Waals surface area contributed by atoms with Gasteiger partial charge in [0.2, 0.25) is 5.78 Å². The number of para-hydroxylation sites is 1. The van der Waals surface area contributed by atoms with E-state index < -0.39 is 0 Å². The van der Waals surface area contributed by atoms with Crippen LogP contribution in [0, 0.1) is 0 Å². The summed E-state index contributed by atoms with van der Waals surface area (Å²) in [6, 6.07) is 7.52. The molecule has 0 bridgehead atoms. The molecule has 0 radical (unpaired) electrons. The van der Waals surface area contributed by atoms with E-state index in [0.29, 0.717) is 11.2 Å². The highest BCUT2D eigenvalue weighted by molar-refractivity contribution is 7.99. The normalized spacial score (nSPS) is 11.5. The number of hydrogen-bond acceptors (Lipinski definition) is 5. The zero-order chi connectivity index (χ0) is 15.5. The Morgan fingerprint density at radius 1 is 1.18 bits per heavy atom.